The van der Waals surface area contributed by atoms with E-state index in [1.54, 1.807) is 20.8 Å². The Morgan fingerprint density at radius 1 is 1.23 bits per heavy atom. The summed E-state index contributed by atoms with van der Waals surface area (Å²) in [5.74, 6) is -0.509. The lowest BCUT2D eigenvalue weighted by atomic mass is 10.00. The third-order valence-electron chi connectivity index (χ3n) is 4.66. The summed E-state index contributed by atoms with van der Waals surface area (Å²) in [6, 6.07) is -1.43. The minimum atomic E-state index is -0.734. The first kappa shape index (κ1) is 28.7. The van der Waals surface area contributed by atoms with Crippen molar-refractivity contribution in [1.29, 1.82) is 0 Å². The zero-order valence-corrected chi connectivity index (χ0v) is 20.2. The third-order valence-corrected chi connectivity index (χ3v) is 4.66. The van der Waals surface area contributed by atoms with E-state index in [0.717, 1.165) is 5.92 Å². The molecular weight excluding hydrogens is 400 g/mol. The number of amides is 4. The largest absolute Gasteiger partial charge is 0.444 e. The Balaban J connectivity index is 0.00000161. The number of nitrogens with zero attached hydrogens (tertiary/aromatic N) is 1. The van der Waals surface area contributed by atoms with Crippen LogP contribution in [0.15, 0.2) is 0 Å². The molecule has 4 N–H and O–H groups in total. The van der Waals surface area contributed by atoms with Crippen molar-refractivity contribution in [3.05, 3.63) is 0 Å². The number of ether oxygens (including phenoxy) is 1. The Morgan fingerprint density at radius 3 is 2.26 bits per heavy atom. The van der Waals surface area contributed by atoms with Crippen LogP contribution in [0.3, 0.4) is 0 Å². The van der Waals surface area contributed by atoms with Gasteiger partial charge in [0.1, 0.15) is 17.7 Å². The molecule has 1 saturated heterocycles. The van der Waals surface area contributed by atoms with Crippen LogP contribution in [-0.2, 0) is 19.1 Å². The van der Waals surface area contributed by atoms with E-state index in [-0.39, 0.29) is 12.5 Å². The molecule has 0 aromatic carbocycles. The van der Waals surface area contributed by atoms with Crippen LogP contribution in [0.2, 0.25) is 0 Å². The topological polar surface area (TPSA) is 131 Å². The lowest BCUT2D eigenvalue weighted by Gasteiger charge is -2.37. The molecular formula is C22H42N4O5. The predicted molar refractivity (Wildman–Crippen MR) is 120 cm³/mol. The van der Waals surface area contributed by atoms with Gasteiger partial charge in [-0.2, -0.15) is 0 Å². The van der Waals surface area contributed by atoms with E-state index in [1.165, 1.54) is 11.3 Å². The summed E-state index contributed by atoms with van der Waals surface area (Å²) in [4.78, 5) is 49.4. The average Bonchev–Trinajstić information content (AvgIpc) is 2.65. The van der Waals surface area contributed by atoms with Gasteiger partial charge < -0.3 is 26.0 Å². The molecule has 9 nitrogen and oxygen atoms in total. The van der Waals surface area contributed by atoms with Crippen molar-refractivity contribution < 1.29 is 23.9 Å². The molecule has 0 spiro atoms. The number of hydrogen-bond acceptors (Lipinski definition) is 5. The maximum Gasteiger partial charge on any atom is 0.408 e. The first-order valence-corrected chi connectivity index (χ1v) is 11.2. The summed E-state index contributed by atoms with van der Waals surface area (Å²) in [6.07, 6.45) is 2.91. The van der Waals surface area contributed by atoms with Gasteiger partial charge in [-0.05, 0) is 46.0 Å². The minimum Gasteiger partial charge on any atom is -0.444 e. The van der Waals surface area contributed by atoms with Gasteiger partial charge in [-0.25, -0.2) is 4.79 Å². The summed E-state index contributed by atoms with van der Waals surface area (Å²) < 4.78 is 5.19. The van der Waals surface area contributed by atoms with Crippen molar-refractivity contribution in [2.75, 3.05) is 13.1 Å². The highest BCUT2D eigenvalue weighted by Gasteiger charge is 2.37. The van der Waals surface area contributed by atoms with E-state index in [9.17, 15) is 19.2 Å². The van der Waals surface area contributed by atoms with E-state index in [2.05, 4.69) is 31.4 Å². The minimum absolute atomic E-state index is 0.277. The van der Waals surface area contributed by atoms with Crippen LogP contribution in [0.4, 0.5) is 4.79 Å². The second-order valence-electron chi connectivity index (χ2n) is 9.16. The molecule has 1 heterocycles. The molecule has 1 rings (SSSR count). The summed E-state index contributed by atoms with van der Waals surface area (Å²) in [6.45, 7) is 13.9. The molecule has 9 heteroatoms. The van der Waals surface area contributed by atoms with Gasteiger partial charge in [0.05, 0.1) is 6.54 Å². The zero-order valence-electron chi connectivity index (χ0n) is 20.2. The predicted octanol–water partition coefficient (Wildman–Crippen LogP) is 2.32. The molecule has 0 aromatic rings. The summed E-state index contributed by atoms with van der Waals surface area (Å²) >= 11 is 0. The van der Waals surface area contributed by atoms with Crippen LogP contribution in [0.25, 0.3) is 0 Å². The number of likely N-dealkylation sites (tertiary alicyclic amines) is 1. The number of nitrogens with two attached hydrogens (primary N) is 1. The number of alkyl carbamates (subject to hydrolysis) is 1. The molecule has 0 bridgehead atoms. The third kappa shape index (κ3) is 12.2. The number of nitrogens with one attached hydrogen (secondary N) is 2. The first-order valence-electron chi connectivity index (χ1n) is 11.2. The normalized spacial score (nSPS) is 17.4. The molecule has 1 aliphatic heterocycles. The van der Waals surface area contributed by atoms with E-state index in [4.69, 9.17) is 10.5 Å². The molecule has 180 valence electrons. The van der Waals surface area contributed by atoms with E-state index < -0.39 is 35.6 Å². The Kier molecular flexibility index (Phi) is 12.8. The Bertz CT molecular complexity index is 601. The maximum absolute atomic E-state index is 12.8. The molecule has 0 aromatic heterocycles. The fraction of sp³-hybridized carbons (Fsp3) is 0.818. The van der Waals surface area contributed by atoms with Crippen LogP contribution < -0.4 is 16.4 Å². The quantitative estimate of drug-likeness (QED) is 0.531. The van der Waals surface area contributed by atoms with Gasteiger partial charge in [0.15, 0.2) is 0 Å². The molecule has 1 fully saturated rings. The highest BCUT2D eigenvalue weighted by Crippen LogP contribution is 2.18. The molecule has 0 radical (unpaired) electrons. The van der Waals surface area contributed by atoms with Crippen LogP contribution in [-0.4, -0.2) is 59.5 Å². The SMILES string of the molecule is CCC(C)C.CCCC(C(=O)NCC(N)=O)N1CCC[C@@H](NC(=O)OC(C)(C)C)C1=O. The monoisotopic (exact) mass is 442 g/mol. The number of carbonyl (C=O) groups is 4. The van der Waals surface area contributed by atoms with Crippen molar-refractivity contribution in [2.24, 2.45) is 11.7 Å². The molecule has 1 unspecified atom stereocenters. The number of primary amides is 1. The number of hydrogen-bond donors (Lipinski definition) is 3. The van der Waals surface area contributed by atoms with Crippen molar-refractivity contribution in [1.82, 2.24) is 15.5 Å². The average molecular weight is 443 g/mol. The lowest BCUT2D eigenvalue weighted by molar-refractivity contribution is -0.144. The van der Waals surface area contributed by atoms with Crippen LogP contribution in [0.1, 0.15) is 80.6 Å². The number of rotatable bonds is 8. The number of carbonyl (C=O) groups excluding carboxylic acids is 4. The van der Waals surface area contributed by atoms with Gasteiger partial charge in [0, 0.05) is 6.54 Å². The Morgan fingerprint density at radius 2 is 1.81 bits per heavy atom. The van der Waals surface area contributed by atoms with Gasteiger partial charge in [0.2, 0.25) is 17.7 Å². The van der Waals surface area contributed by atoms with Gasteiger partial charge in [-0.15, -0.1) is 0 Å². The zero-order chi connectivity index (χ0) is 24.2. The van der Waals surface area contributed by atoms with E-state index in [1.807, 2.05) is 6.92 Å². The highest BCUT2D eigenvalue weighted by atomic mass is 16.6. The molecule has 0 aliphatic carbocycles. The van der Waals surface area contributed by atoms with Crippen molar-refractivity contribution in [2.45, 2.75) is 98.3 Å². The van der Waals surface area contributed by atoms with Crippen molar-refractivity contribution in [3.63, 3.8) is 0 Å². The van der Waals surface area contributed by atoms with Gasteiger partial charge >= 0.3 is 6.09 Å². The second kappa shape index (κ2) is 13.9. The standard InChI is InChI=1S/C17H30N4O5.C5H12/c1-5-7-12(14(23)19-10-13(18)22)21-9-6-8-11(15(21)24)20-16(25)26-17(2,3)4;1-4-5(2)3/h11-12H,5-10H2,1-4H3,(H2,18,22)(H,19,23)(H,20,25);5H,4H2,1-3H3/t11-,12?;/m1./s1. The molecule has 0 saturated carbocycles. The van der Waals surface area contributed by atoms with Crippen molar-refractivity contribution in [3.8, 4) is 0 Å². The maximum atomic E-state index is 12.8. The fourth-order valence-corrected chi connectivity index (χ4v) is 2.79. The molecule has 2 atom stereocenters. The Hall–Kier alpha value is -2.32. The van der Waals surface area contributed by atoms with E-state index in [0.29, 0.717) is 32.2 Å². The van der Waals surface area contributed by atoms with Gasteiger partial charge in [-0.3, -0.25) is 14.4 Å². The first-order chi connectivity index (χ1) is 14.3. The summed E-state index contributed by atoms with van der Waals surface area (Å²) in [5.41, 5.74) is 4.39. The molecule has 31 heavy (non-hydrogen) atoms. The van der Waals surface area contributed by atoms with Crippen LogP contribution >= 0.6 is 0 Å². The molecule has 1 aliphatic rings. The Labute approximate surface area is 186 Å². The summed E-state index contributed by atoms with van der Waals surface area (Å²) in [7, 11) is 0. The summed E-state index contributed by atoms with van der Waals surface area (Å²) in [5, 5.41) is 5.04. The number of piperidine rings is 1. The van der Waals surface area contributed by atoms with Crippen molar-refractivity contribution >= 4 is 23.8 Å². The van der Waals surface area contributed by atoms with Gasteiger partial charge in [-0.1, -0.05) is 40.5 Å². The fourth-order valence-electron chi connectivity index (χ4n) is 2.79. The van der Waals surface area contributed by atoms with Crippen LogP contribution in [0.5, 0.6) is 0 Å². The molecule has 4 amide bonds. The van der Waals surface area contributed by atoms with E-state index >= 15 is 0 Å². The second-order valence-corrected chi connectivity index (χ2v) is 9.16. The van der Waals surface area contributed by atoms with Crippen LogP contribution in [0, 0.1) is 5.92 Å². The highest BCUT2D eigenvalue weighted by molar-refractivity contribution is 5.93. The smallest absolute Gasteiger partial charge is 0.408 e. The van der Waals surface area contributed by atoms with Gasteiger partial charge in [0.25, 0.3) is 0 Å². The lowest BCUT2D eigenvalue weighted by Crippen LogP contribution is -2.59.